The molecule has 1 amide bonds. The number of carbonyl (C=O) groups excluding carboxylic acids is 1. The zero-order valence-corrected chi connectivity index (χ0v) is 12.0. The monoisotopic (exact) mass is 285 g/mol. The molecule has 0 aliphatic heterocycles. The summed E-state index contributed by atoms with van der Waals surface area (Å²) in [4.78, 5) is 15.0. The summed E-state index contributed by atoms with van der Waals surface area (Å²) in [5, 5.41) is 3.05. The highest BCUT2D eigenvalue weighted by Crippen LogP contribution is 2.14. The molecule has 0 spiro atoms. The fraction of sp³-hybridized carbons (Fsp3) is 0.250. The molecule has 0 saturated heterocycles. The maximum absolute atomic E-state index is 10.9. The quantitative estimate of drug-likeness (QED) is 0.810. The molecule has 5 heteroatoms. The van der Waals surface area contributed by atoms with Crippen LogP contribution in [0.1, 0.15) is 18.1 Å². The molecule has 0 aliphatic rings. The Kier molecular flexibility index (Phi) is 5.29. The zero-order valence-electron chi connectivity index (χ0n) is 12.0. The van der Waals surface area contributed by atoms with Crippen LogP contribution in [0.15, 0.2) is 48.8 Å². The minimum atomic E-state index is -0.355. The number of aromatic nitrogens is 1. The Morgan fingerprint density at radius 3 is 2.67 bits per heavy atom. The van der Waals surface area contributed by atoms with Crippen LogP contribution in [-0.2, 0) is 17.9 Å². The van der Waals surface area contributed by atoms with Gasteiger partial charge in [-0.2, -0.15) is 0 Å². The van der Waals surface area contributed by atoms with Crippen LogP contribution in [-0.4, -0.2) is 16.9 Å². The first-order chi connectivity index (χ1) is 10.1. The van der Waals surface area contributed by atoms with Gasteiger partial charge < -0.3 is 15.8 Å². The van der Waals surface area contributed by atoms with Crippen LogP contribution in [0.3, 0.4) is 0 Å². The summed E-state index contributed by atoms with van der Waals surface area (Å²) < 4.78 is 5.68. The van der Waals surface area contributed by atoms with Crippen molar-refractivity contribution in [2.45, 2.75) is 26.1 Å². The molecule has 1 aromatic heterocycles. The summed E-state index contributed by atoms with van der Waals surface area (Å²) in [6.45, 7) is 2.82. The first kappa shape index (κ1) is 15.0. The summed E-state index contributed by atoms with van der Waals surface area (Å²) >= 11 is 0. The second-order valence-corrected chi connectivity index (χ2v) is 4.80. The fourth-order valence-electron chi connectivity index (χ4n) is 1.73. The number of ether oxygens (including phenoxy) is 1. The molecule has 3 N–H and O–H groups in total. The second-order valence-electron chi connectivity index (χ2n) is 4.80. The zero-order chi connectivity index (χ0) is 15.1. The van der Waals surface area contributed by atoms with E-state index in [0.29, 0.717) is 13.2 Å². The van der Waals surface area contributed by atoms with Gasteiger partial charge in [-0.1, -0.05) is 18.2 Å². The third kappa shape index (κ3) is 4.89. The van der Waals surface area contributed by atoms with E-state index in [2.05, 4.69) is 10.3 Å². The molecule has 0 aliphatic carbocycles. The van der Waals surface area contributed by atoms with Gasteiger partial charge in [-0.05, 0) is 30.7 Å². The molecule has 110 valence electrons. The molecular formula is C16H19N3O2. The highest BCUT2D eigenvalue weighted by Gasteiger charge is 2.06. The van der Waals surface area contributed by atoms with Gasteiger partial charge in [0.1, 0.15) is 12.4 Å². The molecule has 0 fully saturated rings. The van der Waals surface area contributed by atoms with Crippen molar-refractivity contribution >= 4 is 5.91 Å². The van der Waals surface area contributed by atoms with Gasteiger partial charge in [-0.3, -0.25) is 9.78 Å². The van der Waals surface area contributed by atoms with E-state index in [1.54, 1.807) is 19.3 Å². The Balaban J connectivity index is 1.83. The predicted molar refractivity (Wildman–Crippen MR) is 80.5 cm³/mol. The smallest absolute Gasteiger partial charge is 0.234 e. The van der Waals surface area contributed by atoms with Gasteiger partial charge in [0.15, 0.2) is 0 Å². The van der Waals surface area contributed by atoms with Gasteiger partial charge in [0.25, 0.3) is 0 Å². The number of carbonyl (C=O) groups is 1. The molecule has 0 unspecified atom stereocenters. The van der Waals surface area contributed by atoms with E-state index in [-0.39, 0.29) is 11.9 Å². The van der Waals surface area contributed by atoms with E-state index in [4.69, 9.17) is 10.5 Å². The van der Waals surface area contributed by atoms with Crippen LogP contribution in [0.5, 0.6) is 5.75 Å². The highest BCUT2D eigenvalue weighted by molar-refractivity contribution is 5.79. The largest absolute Gasteiger partial charge is 0.489 e. The standard InChI is InChI=1S/C16H19N3O2/c1-12(16(17)20)19-10-13-4-6-15(7-5-13)21-11-14-3-2-8-18-9-14/h2-9,12,19H,10-11H2,1H3,(H2,17,20)/t12-/m0/s1. The van der Waals surface area contributed by atoms with Crippen molar-refractivity contribution < 1.29 is 9.53 Å². The summed E-state index contributed by atoms with van der Waals surface area (Å²) in [7, 11) is 0. The number of benzene rings is 1. The van der Waals surface area contributed by atoms with Gasteiger partial charge in [-0.25, -0.2) is 0 Å². The van der Waals surface area contributed by atoms with Crippen molar-refractivity contribution in [3.8, 4) is 5.75 Å². The van der Waals surface area contributed by atoms with E-state index in [0.717, 1.165) is 16.9 Å². The maximum Gasteiger partial charge on any atom is 0.234 e. The lowest BCUT2D eigenvalue weighted by Gasteiger charge is -2.11. The Morgan fingerprint density at radius 2 is 2.05 bits per heavy atom. The molecule has 1 heterocycles. The molecule has 1 aromatic carbocycles. The van der Waals surface area contributed by atoms with E-state index < -0.39 is 0 Å². The number of nitrogens with two attached hydrogens (primary N) is 1. The number of hydrogen-bond donors (Lipinski definition) is 2. The van der Waals surface area contributed by atoms with Crippen molar-refractivity contribution in [1.29, 1.82) is 0 Å². The first-order valence-corrected chi connectivity index (χ1v) is 6.78. The molecule has 21 heavy (non-hydrogen) atoms. The van der Waals surface area contributed by atoms with E-state index in [1.165, 1.54) is 0 Å². The molecule has 0 saturated carbocycles. The SMILES string of the molecule is C[C@H](NCc1ccc(OCc2cccnc2)cc1)C(N)=O. The Morgan fingerprint density at radius 1 is 1.29 bits per heavy atom. The van der Waals surface area contributed by atoms with Crippen LogP contribution in [0.2, 0.25) is 0 Å². The number of nitrogens with zero attached hydrogens (tertiary/aromatic N) is 1. The molecule has 0 radical (unpaired) electrons. The third-order valence-corrected chi connectivity index (χ3v) is 3.09. The number of primary amides is 1. The molecule has 5 nitrogen and oxygen atoms in total. The highest BCUT2D eigenvalue weighted by atomic mass is 16.5. The number of hydrogen-bond acceptors (Lipinski definition) is 4. The minimum absolute atomic E-state index is 0.341. The molecule has 0 bridgehead atoms. The van der Waals surface area contributed by atoms with Crippen LogP contribution < -0.4 is 15.8 Å². The number of nitrogens with one attached hydrogen (secondary N) is 1. The van der Waals surface area contributed by atoms with E-state index >= 15 is 0 Å². The molecular weight excluding hydrogens is 266 g/mol. The number of amides is 1. The van der Waals surface area contributed by atoms with Crippen LogP contribution >= 0.6 is 0 Å². The number of rotatable bonds is 7. The predicted octanol–water partition coefficient (Wildman–Crippen LogP) is 1.62. The lowest BCUT2D eigenvalue weighted by molar-refractivity contribution is -0.119. The Hall–Kier alpha value is -2.40. The van der Waals surface area contributed by atoms with Gasteiger partial charge in [0.2, 0.25) is 5.91 Å². The fourth-order valence-corrected chi connectivity index (χ4v) is 1.73. The third-order valence-electron chi connectivity index (χ3n) is 3.09. The lowest BCUT2D eigenvalue weighted by atomic mass is 10.2. The molecule has 2 rings (SSSR count). The van der Waals surface area contributed by atoms with Gasteiger partial charge in [0.05, 0.1) is 6.04 Å². The summed E-state index contributed by atoms with van der Waals surface area (Å²) in [6, 6.07) is 11.2. The lowest BCUT2D eigenvalue weighted by Crippen LogP contribution is -2.38. The van der Waals surface area contributed by atoms with Crippen molar-refractivity contribution in [2.24, 2.45) is 5.73 Å². The van der Waals surface area contributed by atoms with Gasteiger partial charge in [-0.15, -0.1) is 0 Å². The van der Waals surface area contributed by atoms with Crippen molar-refractivity contribution in [3.05, 3.63) is 59.9 Å². The van der Waals surface area contributed by atoms with Crippen LogP contribution in [0.4, 0.5) is 0 Å². The number of pyridine rings is 1. The van der Waals surface area contributed by atoms with Crippen LogP contribution in [0, 0.1) is 0 Å². The summed E-state index contributed by atoms with van der Waals surface area (Å²) in [5.41, 5.74) is 7.29. The topological polar surface area (TPSA) is 77.2 Å². The van der Waals surface area contributed by atoms with Crippen LogP contribution in [0.25, 0.3) is 0 Å². The van der Waals surface area contributed by atoms with Gasteiger partial charge in [0, 0.05) is 24.5 Å². The average molecular weight is 285 g/mol. The summed E-state index contributed by atoms with van der Waals surface area (Å²) in [5.74, 6) is 0.442. The normalized spacial score (nSPS) is 11.9. The molecule has 2 aromatic rings. The Labute approximate surface area is 124 Å². The van der Waals surface area contributed by atoms with Gasteiger partial charge >= 0.3 is 0 Å². The molecule has 1 atom stereocenters. The van der Waals surface area contributed by atoms with Crippen molar-refractivity contribution in [2.75, 3.05) is 0 Å². The maximum atomic E-state index is 10.9. The Bertz CT molecular complexity index is 570. The van der Waals surface area contributed by atoms with E-state index in [9.17, 15) is 4.79 Å². The minimum Gasteiger partial charge on any atom is -0.489 e. The van der Waals surface area contributed by atoms with E-state index in [1.807, 2.05) is 36.4 Å². The van der Waals surface area contributed by atoms with Crippen molar-refractivity contribution in [1.82, 2.24) is 10.3 Å². The van der Waals surface area contributed by atoms with Crippen molar-refractivity contribution in [3.63, 3.8) is 0 Å². The first-order valence-electron chi connectivity index (χ1n) is 6.78. The summed E-state index contributed by atoms with van der Waals surface area (Å²) in [6.07, 6.45) is 3.52. The second kappa shape index (κ2) is 7.40. The average Bonchev–Trinajstić information content (AvgIpc) is 2.52.